The molecule has 7 nitrogen and oxygen atoms in total. The molecule has 0 spiro atoms. The van der Waals surface area contributed by atoms with Crippen LogP contribution in [0.3, 0.4) is 0 Å². The highest BCUT2D eigenvalue weighted by molar-refractivity contribution is 7.89. The van der Waals surface area contributed by atoms with Gasteiger partial charge in [0, 0.05) is 26.2 Å². The van der Waals surface area contributed by atoms with E-state index in [2.05, 4.69) is 5.32 Å². The van der Waals surface area contributed by atoms with Crippen LogP contribution < -0.4 is 10.1 Å². The largest absolute Gasteiger partial charge is 0.497 e. The monoisotopic (exact) mass is 367 g/mol. The lowest BCUT2D eigenvalue weighted by Crippen LogP contribution is -2.52. The molecule has 2 aliphatic rings. The van der Waals surface area contributed by atoms with Crippen LogP contribution in [-0.4, -0.2) is 69.9 Å². The number of ether oxygens (including phenoxy) is 1. The first-order valence-corrected chi connectivity index (χ1v) is 10.1. The molecule has 1 aliphatic heterocycles. The van der Waals surface area contributed by atoms with Gasteiger partial charge in [-0.05, 0) is 49.6 Å². The SMILES string of the molecule is COc1ccc(S(=O)(=O)N2CCN(C(=O)CNCC3CC3)CC2)cc1. The minimum atomic E-state index is -3.53. The third-order valence-corrected chi connectivity index (χ3v) is 6.61. The predicted molar refractivity (Wildman–Crippen MR) is 93.9 cm³/mol. The summed E-state index contributed by atoms with van der Waals surface area (Å²) in [4.78, 5) is 14.2. The summed E-state index contributed by atoms with van der Waals surface area (Å²) in [6, 6.07) is 6.37. The Morgan fingerprint density at radius 1 is 1.16 bits per heavy atom. The molecule has 1 saturated heterocycles. The second-order valence-electron chi connectivity index (χ2n) is 6.53. The third-order valence-electron chi connectivity index (χ3n) is 4.69. The minimum absolute atomic E-state index is 0.0437. The third kappa shape index (κ3) is 4.50. The number of carbonyl (C=O) groups excluding carboxylic acids is 1. The molecule has 0 aromatic heterocycles. The van der Waals surface area contributed by atoms with Gasteiger partial charge in [-0.25, -0.2) is 8.42 Å². The molecule has 0 radical (unpaired) electrons. The summed E-state index contributed by atoms with van der Waals surface area (Å²) in [6.07, 6.45) is 2.51. The van der Waals surface area contributed by atoms with Crippen molar-refractivity contribution in [1.29, 1.82) is 0 Å². The fraction of sp³-hybridized carbons (Fsp3) is 0.588. The summed E-state index contributed by atoms with van der Waals surface area (Å²) in [6.45, 7) is 2.74. The van der Waals surface area contributed by atoms with Gasteiger partial charge in [-0.2, -0.15) is 4.31 Å². The van der Waals surface area contributed by atoms with Crippen molar-refractivity contribution in [3.8, 4) is 5.75 Å². The molecular weight excluding hydrogens is 342 g/mol. The van der Waals surface area contributed by atoms with Crippen molar-refractivity contribution in [2.75, 3.05) is 46.4 Å². The van der Waals surface area contributed by atoms with Gasteiger partial charge in [0.25, 0.3) is 0 Å². The normalized spacial score (nSPS) is 19.0. The van der Waals surface area contributed by atoms with Crippen LogP contribution in [0.4, 0.5) is 0 Å². The molecule has 1 aromatic rings. The van der Waals surface area contributed by atoms with Crippen LogP contribution in [0.15, 0.2) is 29.2 Å². The van der Waals surface area contributed by atoms with Crippen LogP contribution in [0.1, 0.15) is 12.8 Å². The van der Waals surface area contributed by atoms with E-state index in [9.17, 15) is 13.2 Å². The van der Waals surface area contributed by atoms with Gasteiger partial charge in [0.15, 0.2) is 0 Å². The van der Waals surface area contributed by atoms with Crippen molar-refractivity contribution < 1.29 is 17.9 Å². The molecule has 0 bridgehead atoms. The van der Waals surface area contributed by atoms with Gasteiger partial charge in [0.1, 0.15) is 5.75 Å². The Morgan fingerprint density at radius 3 is 2.36 bits per heavy atom. The molecule has 1 amide bonds. The van der Waals surface area contributed by atoms with Gasteiger partial charge in [0.2, 0.25) is 15.9 Å². The van der Waals surface area contributed by atoms with Gasteiger partial charge >= 0.3 is 0 Å². The maximum absolute atomic E-state index is 12.7. The summed E-state index contributed by atoms with van der Waals surface area (Å²) in [5, 5.41) is 3.19. The molecule has 1 saturated carbocycles. The fourth-order valence-electron chi connectivity index (χ4n) is 2.89. The topological polar surface area (TPSA) is 79.0 Å². The summed E-state index contributed by atoms with van der Waals surface area (Å²) < 4.78 is 31.9. The zero-order chi connectivity index (χ0) is 17.9. The Morgan fingerprint density at radius 2 is 1.80 bits per heavy atom. The van der Waals surface area contributed by atoms with Crippen molar-refractivity contribution in [2.24, 2.45) is 5.92 Å². The van der Waals surface area contributed by atoms with Crippen LogP contribution in [0.25, 0.3) is 0 Å². The zero-order valence-electron chi connectivity index (χ0n) is 14.5. The van der Waals surface area contributed by atoms with Crippen molar-refractivity contribution in [3.05, 3.63) is 24.3 Å². The molecule has 25 heavy (non-hydrogen) atoms. The standard InChI is InChI=1S/C17H25N3O4S/c1-24-15-4-6-16(7-5-15)25(22,23)20-10-8-19(9-11-20)17(21)13-18-12-14-2-3-14/h4-7,14,18H,2-3,8-13H2,1H3. The number of amides is 1. The Balaban J connectivity index is 1.52. The van der Waals surface area contributed by atoms with E-state index < -0.39 is 10.0 Å². The first kappa shape index (κ1) is 18.2. The van der Waals surface area contributed by atoms with E-state index in [1.54, 1.807) is 36.3 Å². The van der Waals surface area contributed by atoms with Crippen LogP contribution in [0.5, 0.6) is 5.75 Å². The van der Waals surface area contributed by atoms with Crippen LogP contribution in [0, 0.1) is 5.92 Å². The number of sulfonamides is 1. The molecule has 2 fully saturated rings. The van der Waals surface area contributed by atoms with Crippen molar-refractivity contribution in [3.63, 3.8) is 0 Å². The number of hydrogen-bond donors (Lipinski definition) is 1. The van der Waals surface area contributed by atoms with E-state index in [0.29, 0.717) is 38.5 Å². The van der Waals surface area contributed by atoms with Crippen molar-refractivity contribution in [1.82, 2.24) is 14.5 Å². The first-order chi connectivity index (χ1) is 12.0. The average Bonchev–Trinajstić information content (AvgIpc) is 3.46. The smallest absolute Gasteiger partial charge is 0.243 e. The number of hydrogen-bond acceptors (Lipinski definition) is 5. The lowest BCUT2D eigenvalue weighted by molar-refractivity contribution is -0.131. The Labute approximate surface area is 149 Å². The van der Waals surface area contributed by atoms with E-state index in [0.717, 1.165) is 12.5 Å². The van der Waals surface area contributed by atoms with Crippen molar-refractivity contribution >= 4 is 15.9 Å². The average molecular weight is 367 g/mol. The highest BCUT2D eigenvalue weighted by Gasteiger charge is 2.30. The molecule has 3 rings (SSSR count). The van der Waals surface area contributed by atoms with E-state index in [4.69, 9.17) is 4.74 Å². The lowest BCUT2D eigenvalue weighted by atomic mass is 10.3. The van der Waals surface area contributed by atoms with Crippen LogP contribution >= 0.6 is 0 Å². The summed E-state index contributed by atoms with van der Waals surface area (Å²) >= 11 is 0. The van der Waals surface area contributed by atoms with Crippen LogP contribution in [-0.2, 0) is 14.8 Å². The molecule has 0 atom stereocenters. The predicted octanol–water partition coefficient (Wildman–Crippen LogP) is 0.528. The highest BCUT2D eigenvalue weighted by Crippen LogP contribution is 2.27. The van der Waals surface area contributed by atoms with E-state index in [1.165, 1.54) is 17.1 Å². The maximum Gasteiger partial charge on any atom is 0.243 e. The van der Waals surface area contributed by atoms with Gasteiger partial charge in [0.05, 0.1) is 18.6 Å². The Bertz CT molecular complexity index is 693. The van der Waals surface area contributed by atoms with E-state index in [-0.39, 0.29) is 10.8 Å². The minimum Gasteiger partial charge on any atom is -0.497 e. The highest BCUT2D eigenvalue weighted by atomic mass is 32.2. The molecule has 1 aromatic carbocycles. The molecule has 1 aliphatic carbocycles. The van der Waals surface area contributed by atoms with Gasteiger partial charge < -0.3 is 15.0 Å². The number of piperazine rings is 1. The fourth-order valence-corrected chi connectivity index (χ4v) is 4.31. The summed E-state index contributed by atoms with van der Waals surface area (Å²) in [5.41, 5.74) is 0. The number of rotatable bonds is 7. The maximum atomic E-state index is 12.7. The first-order valence-electron chi connectivity index (χ1n) is 8.63. The van der Waals surface area contributed by atoms with E-state index >= 15 is 0 Å². The number of nitrogens with zero attached hydrogens (tertiary/aromatic N) is 2. The van der Waals surface area contributed by atoms with Crippen LogP contribution in [0.2, 0.25) is 0 Å². The second kappa shape index (κ2) is 7.72. The number of methoxy groups -OCH3 is 1. The van der Waals surface area contributed by atoms with Crippen molar-refractivity contribution in [2.45, 2.75) is 17.7 Å². The van der Waals surface area contributed by atoms with Gasteiger partial charge in [-0.15, -0.1) is 0 Å². The molecule has 1 N–H and O–H groups in total. The number of nitrogens with one attached hydrogen (secondary N) is 1. The summed E-state index contributed by atoms with van der Waals surface area (Å²) in [5.74, 6) is 1.40. The number of benzene rings is 1. The number of carbonyl (C=O) groups is 1. The molecule has 0 unspecified atom stereocenters. The quantitative estimate of drug-likeness (QED) is 0.760. The molecule has 1 heterocycles. The van der Waals surface area contributed by atoms with Gasteiger partial charge in [-0.1, -0.05) is 0 Å². The Kier molecular flexibility index (Phi) is 5.61. The summed E-state index contributed by atoms with van der Waals surface area (Å²) in [7, 11) is -1.99. The second-order valence-corrected chi connectivity index (χ2v) is 8.47. The Hall–Kier alpha value is -1.64. The lowest BCUT2D eigenvalue weighted by Gasteiger charge is -2.34. The zero-order valence-corrected chi connectivity index (χ0v) is 15.3. The molecule has 138 valence electrons. The molecular formula is C17H25N3O4S. The molecule has 8 heteroatoms. The van der Waals surface area contributed by atoms with Gasteiger partial charge in [-0.3, -0.25) is 4.79 Å². The van der Waals surface area contributed by atoms with E-state index in [1.807, 2.05) is 0 Å².